The van der Waals surface area contributed by atoms with Crippen LogP contribution in [0.4, 0.5) is 17.5 Å². The largest absolute Gasteiger partial charge is 0.354 e. The molecule has 3 rings (SSSR count). The summed E-state index contributed by atoms with van der Waals surface area (Å²) in [7, 11) is 0. The molecule has 0 unspecified atom stereocenters. The molecule has 0 saturated heterocycles. The molecule has 0 radical (unpaired) electrons. The zero-order chi connectivity index (χ0) is 14.8. The summed E-state index contributed by atoms with van der Waals surface area (Å²) in [6.07, 6.45) is 0. The minimum absolute atomic E-state index is 0.550. The second-order valence-electron chi connectivity index (χ2n) is 4.31. The van der Waals surface area contributed by atoms with Crippen molar-refractivity contribution in [2.45, 2.75) is 6.92 Å². The lowest BCUT2D eigenvalue weighted by Crippen LogP contribution is -2.04. The van der Waals surface area contributed by atoms with E-state index in [1.54, 1.807) is 23.5 Å². The third-order valence-corrected chi connectivity index (χ3v) is 4.20. The highest BCUT2D eigenvalue weighted by Crippen LogP contribution is 2.32. The van der Waals surface area contributed by atoms with Gasteiger partial charge in [0.2, 0.25) is 5.95 Å². The number of aromatic nitrogens is 2. The number of thiophene rings is 1. The highest BCUT2D eigenvalue weighted by Gasteiger charge is 2.10. The van der Waals surface area contributed by atoms with Gasteiger partial charge in [0.25, 0.3) is 0 Å². The van der Waals surface area contributed by atoms with E-state index in [4.69, 9.17) is 23.2 Å². The zero-order valence-corrected chi connectivity index (χ0v) is 13.5. The molecule has 0 saturated carbocycles. The monoisotopic (exact) mass is 338 g/mol. The molecule has 0 bridgehead atoms. The summed E-state index contributed by atoms with van der Waals surface area (Å²) in [6, 6.07) is 7.30. The van der Waals surface area contributed by atoms with Crippen LogP contribution in [0.15, 0.2) is 29.6 Å². The van der Waals surface area contributed by atoms with Gasteiger partial charge in [-0.1, -0.05) is 23.2 Å². The van der Waals surface area contributed by atoms with Gasteiger partial charge >= 0.3 is 0 Å². The van der Waals surface area contributed by atoms with Crippen LogP contribution in [-0.4, -0.2) is 16.5 Å². The van der Waals surface area contributed by atoms with E-state index in [0.29, 0.717) is 16.0 Å². The quantitative estimate of drug-likeness (QED) is 0.688. The Balaban J connectivity index is 2.04. The maximum atomic E-state index is 6.20. The number of hydrogen-bond donors (Lipinski definition) is 2. The number of nitrogens with one attached hydrogen (secondary N) is 2. The molecule has 21 heavy (non-hydrogen) atoms. The molecule has 2 N–H and O–H groups in total. The van der Waals surface area contributed by atoms with E-state index in [0.717, 1.165) is 28.3 Å². The molecule has 0 atom stereocenters. The maximum Gasteiger partial charge on any atom is 0.226 e. The molecule has 0 aliphatic carbocycles. The molecule has 1 aromatic carbocycles. The Bertz CT molecular complexity index is 788. The summed E-state index contributed by atoms with van der Waals surface area (Å²) in [4.78, 5) is 9.89. The fourth-order valence-electron chi connectivity index (χ4n) is 1.91. The van der Waals surface area contributed by atoms with Crippen LogP contribution in [0.5, 0.6) is 0 Å². The highest BCUT2D eigenvalue weighted by atomic mass is 35.5. The lowest BCUT2D eigenvalue weighted by Gasteiger charge is -2.10. The van der Waals surface area contributed by atoms with E-state index in [-0.39, 0.29) is 0 Å². The normalized spacial score (nSPS) is 10.8. The number of rotatable bonds is 4. The average Bonchev–Trinajstić information content (AvgIpc) is 2.91. The van der Waals surface area contributed by atoms with Gasteiger partial charge in [0, 0.05) is 11.6 Å². The van der Waals surface area contributed by atoms with Gasteiger partial charge in [-0.2, -0.15) is 4.98 Å². The Labute approximate surface area is 136 Å². The van der Waals surface area contributed by atoms with E-state index in [1.807, 2.05) is 24.4 Å². The first-order chi connectivity index (χ1) is 10.2. The molecule has 0 amide bonds. The lowest BCUT2D eigenvalue weighted by molar-refractivity contribution is 1.11. The molecule has 2 heterocycles. The SMILES string of the molecule is CCNc1nc(Nc2ccc(Cl)cc2Cl)c2ccsc2n1. The van der Waals surface area contributed by atoms with Crippen LogP contribution in [0, 0.1) is 0 Å². The number of anilines is 3. The predicted molar refractivity (Wildman–Crippen MR) is 91.3 cm³/mol. The van der Waals surface area contributed by atoms with Crippen LogP contribution < -0.4 is 10.6 Å². The predicted octanol–water partition coefficient (Wildman–Crippen LogP) is 5.17. The van der Waals surface area contributed by atoms with Crippen molar-refractivity contribution in [2.24, 2.45) is 0 Å². The standard InChI is InChI=1S/C14H12Cl2N4S/c1-2-17-14-19-12(9-5-6-21-13(9)20-14)18-11-4-3-8(15)7-10(11)16/h3-7H,2H2,1H3,(H2,17,18,19,20). The Morgan fingerprint density at radius 2 is 2.05 bits per heavy atom. The van der Waals surface area contributed by atoms with Crippen LogP contribution in [0.2, 0.25) is 10.0 Å². The molecular formula is C14H12Cl2N4S. The van der Waals surface area contributed by atoms with Gasteiger partial charge in [-0.05, 0) is 36.6 Å². The number of benzene rings is 1. The van der Waals surface area contributed by atoms with E-state index in [1.165, 1.54) is 0 Å². The van der Waals surface area contributed by atoms with Crippen LogP contribution >= 0.6 is 34.5 Å². The average molecular weight is 339 g/mol. The van der Waals surface area contributed by atoms with Gasteiger partial charge in [0.15, 0.2) is 0 Å². The topological polar surface area (TPSA) is 49.8 Å². The maximum absolute atomic E-state index is 6.20. The van der Waals surface area contributed by atoms with Crippen LogP contribution in [0.1, 0.15) is 6.92 Å². The van der Waals surface area contributed by atoms with Crippen molar-refractivity contribution < 1.29 is 0 Å². The second-order valence-corrected chi connectivity index (χ2v) is 6.05. The highest BCUT2D eigenvalue weighted by molar-refractivity contribution is 7.16. The number of hydrogen-bond acceptors (Lipinski definition) is 5. The fourth-order valence-corrected chi connectivity index (χ4v) is 3.13. The summed E-state index contributed by atoms with van der Waals surface area (Å²) in [6.45, 7) is 2.77. The van der Waals surface area contributed by atoms with Crippen molar-refractivity contribution in [3.05, 3.63) is 39.7 Å². The molecule has 0 fully saturated rings. The van der Waals surface area contributed by atoms with E-state index in [9.17, 15) is 0 Å². The molecular weight excluding hydrogens is 327 g/mol. The minimum Gasteiger partial charge on any atom is -0.354 e. The third kappa shape index (κ3) is 3.05. The van der Waals surface area contributed by atoms with Crippen molar-refractivity contribution in [2.75, 3.05) is 17.2 Å². The number of fused-ring (bicyclic) bond motifs is 1. The zero-order valence-electron chi connectivity index (χ0n) is 11.2. The van der Waals surface area contributed by atoms with Crippen molar-refractivity contribution in [3.8, 4) is 0 Å². The number of nitrogens with zero attached hydrogens (tertiary/aromatic N) is 2. The summed E-state index contributed by atoms with van der Waals surface area (Å²) in [5.41, 5.74) is 0.759. The first-order valence-corrected chi connectivity index (χ1v) is 8.02. The molecule has 0 spiro atoms. The summed E-state index contributed by atoms with van der Waals surface area (Å²) in [5.74, 6) is 1.32. The van der Waals surface area contributed by atoms with Crippen molar-refractivity contribution in [1.82, 2.24) is 9.97 Å². The lowest BCUT2D eigenvalue weighted by atomic mass is 10.3. The van der Waals surface area contributed by atoms with E-state index >= 15 is 0 Å². The van der Waals surface area contributed by atoms with Gasteiger partial charge in [-0.15, -0.1) is 11.3 Å². The Kier molecular flexibility index (Phi) is 4.14. The molecule has 7 heteroatoms. The first kappa shape index (κ1) is 14.4. The van der Waals surface area contributed by atoms with Gasteiger partial charge in [-0.25, -0.2) is 4.98 Å². The molecule has 0 aliphatic heterocycles. The molecule has 108 valence electrons. The van der Waals surface area contributed by atoms with Crippen molar-refractivity contribution in [3.63, 3.8) is 0 Å². The van der Waals surface area contributed by atoms with Crippen LogP contribution in [0.25, 0.3) is 10.2 Å². The van der Waals surface area contributed by atoms with Gasteiger partial charge in [0.05, 0.1) is 16.1 Å². The van der Waals surface area contributed by atoms with Crippen molar-refractivity contribution in [1.29, 1.82) is 0 Å². The van der Waals surface area contributed by atoms with Gasteiger partial charge in [0.1, 0.15) is 10.6 Å². The molecule has 0 aliphatic rings. The fraction of sp³-hybridized carbons (Fsp3) is 0.143. The minimum atomic E-state index is 0.550. The van der Waals surface area contributed by atoms with Gasteiger partial charge < -0.3 is 10.6 Å². The molecule has 2 aromatic heterocycles. The molecule has 4 nitrogen and oxygen atoms in total. The Hall–Kier alpha value is -1.56. The van der Waals surface area contributed by atoms with Crippen molar-refractivity contribution >= 4 is 62.2 Å². The molecule has 3 aromatic rings. The Morgan fingerprint density at radius 3 is 2.81 bits per heavy atom. The first-order valence-electron chi connectivity index (χ1n) is 6.38. The van der Waals surface area contributed by atoms with Crippen LogP contribution in [0.3, 0.4) is 0 Å². The summed E-state index contributed by atoms with van der Waals surface area (Å²) in [5, 5.41) is 10.5. The van der Waals surface area contributed by atoms with E-state index in [2.05, 4.69) is 20.6 Å². The second kappa shape index (κ2) is 6.05. The van der Waals surface area contributed by atoms with E-state index < -0.39 is 0 Å². The van der Waals surface area contributed by atoms with Gasteiger partial charge in [-0.3, -0.25) is 0 Å². The van der Waals surface area contributed by atoms with Crippen LogP contribution in [-0.2, 0) is 0 Å². The summed E-state index contributed by atoms with van der Waals surface area (Å²) < 4.78 is 0. The smallest absolute Gasteiger partial charge is 0.226 e. The third-order valence-electron chi connectivity index (χ3n) is 2.84. The Morgan fingerprint density at radius 1 is 1.19 bits per heavy atom. The number of halogens is 2. The summed E-state index contributed by atoms with van der Waals surface area (Å²) >= 11 is 13.7.